The highest BCUT2D eigenvalue weighted by Crippen LogP contribution is 2.25. The summed E-state index contributed by atoms with van der Waals surface area (Å²) < 4.78 is 27.2. The van der Waals surface area contributed by atoms with Crippen molar-refractivity contribution in [2.45, 2.75) is 11.8 Å². The third-order valence-corrected chi connectivity index (χ3v) is 5.46. The molecule has 1 amide bonds. The summed E-state index contributed by atoms with van der Waals surface area (Å²) in [6, 6.07) is 11.6. The van der Waals surface area contributed by atoms with E-state index in [-0.39, 0.29) is 16.2 Å². The summed E-state index contributed by atoms with van der Waals surface area (Å²) >= 11 is 0. The lowest BCUT2D eigenvalue weighted by Crippen LogP contribution is -2.25. The summed E-state index contributed by atoms with van der Waals surface area (Å²) in [4.78, 5) is 16.4. The van der Waals surface area contributed by atoms with Crippen LogP contribution in [-0.2, 0) is 10.0 Å². The van der Waals surface area contributed by atoms with Crippen molar-refractivity contribution in [2.24, 2.45) is 0 Å². The first-order chi connectivity index (χ1) is 11.0. The molecule has 3 rings (SSSR count). The molecule has 0 unspecified atom stereocenters. The molecule has 6 nitrogen and oxygen atoms in total. The molecule has 0 aliphatic carbocycles. The number of hydrogen-bond donors (Lipinski definition) is 1. The van der Waals surface area contributed by atoms with Gasteiger partial charge in [0.05, 0.1) is 4.90 Å². The van der Waals surface area contributed by atoms with Gasteiger partial charge < -0.3 is 5.32 Å². The largest absolute Gasteiger partial charge is 0.354 e. The number of rotatable bonds is 3. The van der Waals surface area contributed by atoms with Gasteiger partial charge >= 0.3 is 0 Å². The van der Waals surface area contributed by atoms with Gasteiger partial charge in [-0.3, -0.25) is 4.79 Å². The number of hydrogen-bond acceptors (Lipinski definition) is 4. The first-order valence-electron chi connectivity index (χ1n) is 6.96. The molecule has 2 heterocycles. The SMILES string of the molecule is CNC(=O)c1cc2cccnc2n1S(=O)(=O)c1ccccc1C. The molecule has 3 aromatic rings. The third-order valence-electron chi connectivity index (χ3n) is 3.59. The summed E-state index contributed by atoms with van der Waals surface area (Å²) in [5.74, 6) is -0.486. The second-order valence-electron chi connectivity index (χ2n) is 5.06. The van der Waals surface area contributed by atoms with Crippen molar-refractivity contribution >= 4 is 27.0 Å². The van der Waals surface area contributed by atoms with E-state index < -0.39 is 15.9 Å². The van der Waals surface area contributed by atoms with E-state index in [0.29, 0.717) is 10.9 Å². The van der Waals surface area contributed by atoms with Gasteiger partial charge in [0.2, 0.25) is 0 Å². The summed E-state index contributed by atoms with van der Waals surface area (Å²) in [5, 5.41) is 3.06. The van der Waals surface area contributed by atoms with Gasteiger partial charge in [0.15, 0.2) is 5.65 Å². The minimum absolute atomic E-state index is 0.0319. The molecule has 118 valence electrons. The van der Waals surface area contributed by atoms with E-state index in [9.17, 15) is 13.2 Å². The number of fused-ring (bicyclic) bond motifs is 1. The molecule has 23 heavy (non-hydrogen) atoms. The number of amides is 1. The third kappa shape index (κ3) is 2.39. The van der Waals surface area contributed by atoms with Crippen LogP contribution in [0.15, 0.2) is 53.6 Å². The molecule has 7 heteroatoms. The van der Waals surface area contributed by atoms with Crippen LogP contribution in [0, 0.1) is 6.92 Å². The number of nitrogens with zero attached hydrogens (tertiary/aromatic N) is 2. The Morgan fingerprint density at radius 2 is 1.91 bits per heavy atom. The number of benzene rings is 1. The Balaban J connectivity index is 2.39. The molecule has 0 aliphatic rings. The molecule has 0 bridgehead atoms. The number of carbonyl (C=O) groups excluding carboxylic acids is 1. The lowest BCUT2D eigenvalue weighted by molar-refractivity contribution is 0.0957. The normalized spacial score (nSPS) is 11.6. The monoisotopic (exact) mass is 329 g/mol. The number of nitrogens with one attached hydrogen (secondary N) is 1. The number of pyridine rings is 1. The minimum atomic E-state index is -3.95. The van der Waals surface area contributed by atoms with Gasteiger partial charge in [0.1, 0.15) is 5.69 Å². The van der Waals surface area contributed by atoms with Crippen LogP contribution < -0.4 is 5.32 Å². The van der Waals surface area contributed by atoms with Crippen molar-refractivity contribution in [1.29, 1.82) is 0 Å². The molecule has 0 spiro atoms. The fraction of sp³-hybridized carbons (Fsp3) is 0.125. The van der Waals surface area contributed by atoms with Crippen LogP contribution >= 0.6 is 0 Å². The predicted octanol–water partition coefficient (Wildman–Crippen LogP) is 1.94. The second kappa shape index (κ2) is 5.51. The maximum Gasteiger partial charge on any atom is 0.270 e. The first kappa shape index (κ1) is 15.2. The quantitative estimate of drug-likeness (QED) is 0.796. The maximum absolute atomic E-state index is 13.1. The molecule has 0 radical (unpaired) electrons. The Morgan fingerprint density at radius 1 is 1.17 bits per heavy atom. The zero-order chi connectivity index (χ0) is 16.6. The Bertz CT molecular complexity index is 1010. The van der Waals surface area contributed by atoms with E-state index in [1.807, 2.05) is 0 Å². The van der Waals surface area contributed by atoms with Crippen LogP contribution in [0.1, 0.15) is 16.1 Å². The van der Waals surface area contributed by atoms with E-state index in [1.54, 1.807) is 37.3 Å². The smallest absolute Gasteiger partial charge is 0.270 e. The molecule has 0 saturated heterocycles. The molecule has 0 aliphatic heterocycles. The van der Waals surface area contributed by atoms with E-state index in [1.165, 1.54) is 25.4 Å². The van der Waals surface area contributed by atoms with Crippen LogP contribution in [0.4, 0.5) is 0 Å². The fourth-order valence-corrected chi connectivity index (χ4v) is 4.18. The Hall–Kier alpha value is -2.67. The van der Waals surface area contributed by atoms with Gasteiger partial charge in [-0.15, -0.1) is 0 Å². The maximum atomic E-state index is 13.1. The highest BCUT2D eigenvalue weighted by molar-refractivity contribution is 7.90. The molecule has 0 atom stereocenters. The average Bonchev–Trinajstić information content (AvgIpc) is 2.94. The van der Waals surface area contributed by atoms with Crippen molar-refractivity contribution < 1.29 is 13.2 Å². The van der Waals surface area contributed by atoms with Gasteiger partial charge in [-0.1, -0.05) is 18.2 Å². The number of aryl methyl sites for hydroxylation is 1. The van der Waals surface area contributed by atoms with Crippen molar-refractivity contribution in [3.05, 3.63) is 59.9 Å². The van der Waals surface area contributed by atoms with Gasteiger partial charge in [0.25, 0.3) is 15.9 Å². The summed E-state index contributed by atoms with van der Waals surface area (Å²) in [5.41, 5.74) is 0.868. The molecule has 1 N–H and O–H groups in total. The fourth-order valence-electron chi connectivity index (χ4n) is 2.49. The first-order valence-corrected chi connectivity index (χ1v) is 8.40. The lowest BCUT2D eigenvalue weighted by Gasteiger charge is -2.12. The van der Waals surface area contributed by atoms with Crippen LogP contribution in [0.5, 0.6) is 0 Å². The molecular weight excluding hydrogens is 314 g/mol. The zero-order valence-electron chi connectivity index (χ0n) is 12.6. The van der Waals surface area contributed by atoms with Crippen molar-refractivity contribution in [2.75, 3.05) is 7.05 Å². The van der Waals surface area contributed by atoms with Crippen LogP contribution in [0.2, 0.25) is 0 Å². The average molecular weight is 329 g/mol. The summed E-state index contributed by atoms with van der Waals surface area (Å²) in [7, 11) is -2.49. The molecule has 2 aromatic heterocycles. The Morgan fingerprint density at radius 3 is 2.61 bits per heavy atom. The van der Waals surface area contributed by atoms with Gasteiger partial charge in [-0.2, -0.15) is 0 Å². The van der Waals surface area contributed by atoms with Gasteiger partial charge in [-0.25, -0.2) is 17.4 Å². The van der Waals surface area contributed by atoms with Gasteiger partial charge in [0, 0.05) is 18.6 Å². The standard InChI is InChI=1S/C16H15N3O3S/c1-11-6-3-4-8-14(11)23(21,22)19-13(16(20)17-2)10-12-7-5-9-18-15(12)19/h3-10H,1-2H3,(H,17,20). The van der Waals surface area contributed by atoms with Crippen molar-refractivity contribution in [3.8, 4) is 0 Å². The van der Waals surface area contributed by atoms with Crippen LogP contribution in [0.3, 0.4) is 0 Å². The second-order valence-corrected chi connectivity index (χ2v) is 6.81. The topological polar surface area (TPSA) is 81.1 Å². The predicted molar refractivity (Wildman–Crippen MR) is 86.9 cm³/mol. The molecule has 0 saturated carbocycles. The summed E-state index contributed by atoms with van der Waals surface area (Å²) in [6.45, 7) is 1.71. The zero-order valence-corrected chi connectivity index (χ0v) is 13.5. The van der Waals surface area contributed by atoms with E-state index in [2.05, 4.69) is 10.3 Å². The minimum Gasteiger partial charge on any atom is -0.354 e. The van der Waals surface area contributed by atoms with E-state index in [0.717, 1.165) is 3.97 Å². The van der Waals surface area contributed by atoms with E-state index >= 15 is 0 Å². The molecular formula is C16H15N3O3S. The Kier molecular flexibility index (Phi) is 3.65. The van der Waals surface area contributed by atoms with Crippen molar-refractivity contribution in [1.82, 2.24) is 14.3 Å². The number of aromatic nitrogens is 2. The summed E-state index contributed by atoms with van der Waals surface area (Å²) in [6.07, 6.45) is 1.50. The van der Waals surface area contributed by atoms with Gasteiger partial charge in [-0.05, 0) is 36.8 Å². The van der Waals surface area contributed by atoms with Crippen LogP contribution in [0.25, 0.3) is 11.0 Å². The molecule has 1 aromatic carbocycles. The van der Waals surface area contributed by atoms with Crippen LogP contribution in [-0.4, -0.2) is 30.3 Å². The van der Waals surface area contributed by atoms with Crippen molar-refractivity contribution in [3.63, 3.8) is 0 Å². The highest BCUT2D eigenvalue weighted by atomic mass is 32.2. The number of carbonyl (C=O) groups is 1. The van der Waals surface area contributed by atoms with E-state index in [4.69, 9.17) is 0 Å². The molecule has 0 fully saturated rings. The Labute approximate surface area is 133 Å². The lowest BCUT2D eigenvalue weighted by atomic mass is 10.2. The highest BCUT2D eigenvalue weighted by Gasteiger charge is 2.27.